The van der Waals surface area contributed by atoms with Gasteiger partial charge in [-0.05, 0) is 29.8 Å². The Morgan fingerprint density at radius 1 is 1.25 bits per heavy atom. The van der Waals surface area contributed by atoms with Crippen molar-refractivity contribution in [1.29, 1.82) is 0 Å². The summed E-state index contributed by atoms with van der Waals surface area (Å²) in [6, 6.07) is 11.5. The number of hydrogen-bond donors (Lipinski definition) is 2. The summed E-state index contributed by atoms with van der Waals surface area (Å²) in [7, 11) is -2.16. The Hall–Kier alpha value is -2.58. The Morgan fingerprint density at radius 2 is 2.08 bits per heavy atom. The van der Waals surface area contributed by atoms with Crippen molar-refractivity contribution in [1.82, 2.24) is 4.72 Å². The van der Waals surface area contributed by atoms with Gasteiger partial charge in [-0.25, -0.2) is 13.1 Å². The zero-order valence-electron chi connectivity index (χ0n) is 12.9. The monoisotopic (exact) mass is 348 g/mol. The Balaban J connectivity index is 1.77. The first kappa shape index (κ1) is 16.3. The van der Waals surface area contributed by atoms with E-state index < -0.39 is 10.0 Å². The van der Waals surface area contributed by atoms with E-state index in [2.05, 4.69) is 10.0 Å². The number of fused-ring (bicyclic) bond motifs is 1. The van der Waals surface area contributed by atoms with Crippen LogP contribution in [0.3, 0.4) is 0 Å². The fourth-order valence-corrected chi connectivity index (χ4v) is 3.30. The van der Waals surface area contributed by atoms with Crippen molar-refractivity contribution in [2.24, 2.45) is 0 Å². The van der Waals surface area contributed by atoms with Crippen LogP contribution in [0, 0.1) is 0 Å². The van der Waals surface area contributed by atoms with Crippen LogP contribution in [0.25, 0.3) is 0 Å². The van der Waals surface area contributed by atoms with Gasteiger partial charge in [0, 0.05) is 12.6 Å². The first-order valence-corrected chi connectivity index (χ1v) is 8.65. The summed E-state index contributed by atoms with van der Waals surface area (Å²) >= 11 is 0. The van der Waals surface area contributed by atoms with Crippen molar-refractivity contribution in [2.45, 2.75) is 11.4 Å². The summed E-state index contributed by atoms with van der Waals surface area (Å²) in [4.78, 5) is 11.3. The molecule has 1 heterocycles. The van der Waals surface area contributed by atoms with Crippen molar-refractivity contribution in [3.63, 3.8) is 0 Å². The number of carbonyl (C=O) groups is 1. The van der Waals surface area contributed by atoms with Gasteiger partial charge in [0.2, 0.25) is 10.0 Å². The normalized spacial score (nSPS) is 13.6. The topological polar surface area (TPSA) is 93.7 Å². The van der Waals surface area contributed by atoms with Gasteiger partial charge < -0.3 is 14.8 Å². The number of ether oxygens (including phenoxy) is 2. The van der Waals surface area contributed by atoms with Crippen molar-refractivity contribution in [2.75, 3.05) is 19.0 Å². The van der Waals surface area contributed by atoms with Gasteiger partial charge in [-0.15, -0.1) is 0 Å². The van der Waals surface area contributed by atoms with Gasteiger partial charge in [-0.2, -0.15) is 0 Å². The highest BCUT2D eigenvalue weighted by atomic mass is 32.2. The lowest BCUT2D eigenvalue weighted by Gasteiger charge is -2.18. The molecule has 7 nitrogen and oxygen atoms in total. The molecule has 0 saturated carbocycles. The second-order valence-corrected chi connectivity index (χ2v) is 6.94. The van der Waals surface area contributed by atoms with E-state index in [1.807, 2.05) is 0 Å². The van der Waals surface area contributed by atoms with Crippen LogP contribution in [0.2, 0.25) is 0 Å². The molecule has 0 aliphatic carbocycles. The fraction of sp³-hybridized carbons (Fsp3) is 0.188. The van der Waals surface area contributed by atoms with Gasteiger partial charge in [0.05, 0.1) is 17.7 Å². The number of methoxy groups -OCH3 is 1. The van der Waals surface area contributed by atoms with E-state index in [0.29, 0.717) is 17.2 Å². The summed E-state index contributed by atoms with van der Waals surface area (Å²) in [6.45, 7) is 0.00194. The first-order valence-electron chi connectivity index (χ1n) is 7.17. The lowest BCUT2D eigenvalue weighted by atomic mass is 10.2. The van der Waals surface area contributed by atoms with Crippen LogP contribution in [-0.2, 0) is 21.4 Å². The predicted molar refractivity (Wildman–Crippen MR) is 87.6 cm³/mol. The van der Waals surface area contributed by atoms with Crippen LogP contribution in [-0.4, -0.2) is 28.0 Å². The van der Waals surface area contributed by atoms with Gasteiger partial charge in [0.25, 0.3) is 5.91 Å². The molecule has 1 aliphatic heterocycles. The summed E-state index contributed by atoms with van der Waals surface area (Å²) in [5, 5.41) is 2.62. The quantitative estimate of drug-likeness (QED) is 0.854. The van der Waals surface area contributed by atoms with Crippen LogP contribution in [0.15, 0.2) is 47.4 Å². The first-order chi connectivity index (χ1) is 11.5. The molecule has 0 atom stereocenters. The van der Waals surface area contributed by atoms with Gasteiger partial charge in [-0.1, -0.05) is 12.1 Å². The summed E-state index contributed by atoms with van der Waals surface area (Å²) < 4.78 is 37.7. The van der Waals surface area contributed by atoms with Gasteiger partial charge >= 0.3 is 0 Å². The maximum atomic E-state index is 12.4. The van der Waals surface area contributed by atoms with E-state index in [4.69, 9.17) is 9.47 Å². The second-order valence-electron chi connectivity index (χ2n) is 5.17. The summed E-state index contributed by atoms with van der Waals surface area (Å²) in [6.07, 6.45) is 0. The maximum absolute atomic E-state index is 12.4. The highest BCUT2D eigenvalue weighted by Gasteiger charge is 2.20. The van der Waals surface area contributed by atoms with Gasteiger partial charge in [0.1, 0.15) is 11.5 Å². The molecule has 0 spiro atoms. The molecule has 126 valence electrons. The van der Waals surface area contributed by atoms with Crippen LogP contribution in [0.4, 0.5) is 5.69 Å². The highest BCUT2D eigenvalue weighted by Crippen LogP contribution is 2.30. The van der Waals surface area contributed by atoms with Crippen LogP contribution in [0.1, 0.15) is 5.56 Å². The SMILES string of the molecule is COc1cccc(CNS(=O)(=O)c2ccc3c(c2)OCC(=O)N3)c1. The molecule has 1 amide bonds. The molecular weight excluding hydrogens is 332 g/mol. The average Bonchev–Trinajstić information content (AvgIpc) is 2.59. The Kier molecular flexibility index (Phi) is 4.41. The molecule has 2 aromatic rings. The largest absolute Gasteiger partial charge is 0.497 e. The van der Waals surface area contributed by atoms with Crippen molar-refractivity contribution >= 4 is 21.6 Å². The number of hydrogen-bond acceptors (Lipinski definition) is 5. The predicted octanol–water partition coefficient (Wildman–Crippen LogP) is 1.50. The minimum absolute atomic E-state index is 0.0697. The van der Waals surface area contributed by atoms with E-state index in [0.717, 1.165) is 5.56 Å². The minimum atomic E-state index is -3.71. The maximum Gasteiger partial charge on any atom is 0.262 e. The third kappa shape index (κ3) is 3.50. The molecule has 0 unspecified atom stereocenters. The molecule has 2 N–H and O–H groups in total. The Bertz CT molecular complexity index is 880. The number of carbonyl (C=O) groups excluding carboxylic acids is 1. The van der Waals surface area contributed by atoms with Crippen molar-refractivity contribution < 1.29 is 22.7 Å². The number of rotatable bonds is 5. The van der Waals surface area contributed by atoms with E-state index in [1.54, 1.807) is 31.4 Å². The van der Waals surface area contributed by atoms with Crippen molar-refractivity contribution in [3.05, 3.63) is 48.0 Å². The zero-order valence-corrected chi connectivity index (χ0v) is 13.7. The van der Waals surface area contributed by atoms with Crippen LogP contribution < -0.4 is 19.5 Å². The molecule has 24 heavy (non-hydrogen) atoms. The third-order valence-corrected chi connectivity index (χ3v) is 4.90. The van der Waals surface area contributed by atoms with E-state index in [-0.39, 0.29) is 24.0 Å². The fourth-order valence-electron chi connectivity index (χ4n) is 2.27. The van der Waals surface area contributed by atoms with Crippen LogP contribution in [0.5, 0.6) is 11.5 Å². The minimum Gasteiger partial charge on any atom is -0.497 e. The number of sulfonamides is 1. The molecular formula is C16H16N2O5S. The molecule has 0 bridgehead atoms. The molecule has 0 radical (unpaired) electrons. The third-order valence-electron chi connectivity index (χ3n) is 3.50. The molecule has 1 aliphatic rings. The van der Waals surface area contributed by atoms with Gasteiger partial charge in [0.15, 0.2) is 6.61 Å². The zero-order chi connectivity index (χ0) is 17.2. The van der Waals surface area contributed by atoms with Gasteiger partial charge in [-0.3, -0.25) is 4.79 Å². The molecule has 0 saturated heterocycles. The highest BCUT2D eigenvalue weighted by molar-refractivity contribution is 7.89. The van der Waals surface area contributed by atoms with Crippen LogP contribution >= 0.6 is 0 Å². The molecule has 0 fully saturated rings. The molecule has 3 rings (SSSR count). The number of benzene rings is 2. The Morgan fingerprint density at radius 3 is 2.88 bits per heavy atom. The standard InChI is InChI=1S/C16H16N2O5S/c1-22-12-4-2-3-11(7-12)9-17-24(20,21)13-5-6-14-15(8-13)23-10-16(19)18-14/h2-8,17H,9-10H2,1H3,(H,18,19). The smallest absolute Gasteiger partial charge is 0.262 e. The molecule has 2 aromatic carbocycles. The van der Waals surface area contributed by atoms with Crippen molar-refractivity contribution in [3.8, 4) is 11.5 Å². The lowest BCUT2D eigenvalue weighted by molar-refractivity contribution is -0.118. The second kappa shape index (κ2) is 6.50. The Labute approximate surface area is 139 Å². The lowest BCUT2D eigenvalue weighted by Crippen LogP contribution is -2.26. The number of anilines is 1. The van der Waals surface area contributed by atoms with E-state index in [1.165, 1.54) is 18.2 Å². The summed E-state index contributed by atoms with van der Waals surface area (Å²) in [5.74, 6) is 0.720. The number of nitrogens with one attached hydrogen (secondary N) is 2. The molecule has 8 heteroatoms. The summed E-state index contributed by atoms with van der Waals surface area (Å²) in [5.41, 5.74) is 1.23. The average molecular weight is 348 g/mol. The van der Waals surface area contributed by atoms with E-state index in [9.17, 15) is 13.2 Å². The van der Waals surface area contributed by atoms with E-state index >= 15 is 0 Å². The number of amides is 1. The molecule has 0 aromatic heterocycles.